The van der Waals surface area contributed by atoms with Crippen molar-refractivity contribution in [1.29, 1.82) is 0 Å². The average molecular weight is 214 g/mol. The second kappa shape index (κ2) is 4.94. The van der Waals surface area contributed by atoms with Gasteiger partial charge in [0.15, 0.2) is 0 Å². The van der Waals surface area contributed by atoms with Crippen molar-refractivity contribution in [2.45, 2.75) is 37.8 Å². The summed E-state index contributed by atoms with van der Waals surface area (Å²) in [4.78, 5) is 13.2. The van der Waals surface area contributed by atoms with Gasteiger partial charge in [-0.05, 0) is 33.4 Å². The lowest BCUT2D eigenvalue weighted by Crippen LogP contribution is -2.47. The summed E-state index contributed by atoms with van der Waals surface area (Å²) in [6.07, 6.45) is 3.10. The Morgan fingerprint density at radius 2 is 2.27 bits per heavy atom. The Labute approximate surface area is 92.0 Å². The van der Waals surface area contributed by atoms with Crippen molar-refractivity contribution in [3.63, 3.8) is 0 Å². The predicted molar refractivity (Wildman–Crippen MR) is 59.7 cm³/mol. The Kier molecular flexibility index (Phi) is 4.11. The maximum atomic E-state index is 11.0. The van der Waals surface area contributed by atoms with Crippen LogP contribution in [0.1, 0.15) is 26.2 Å². The van der Waals surface area contributed by atoms with Gasteiger partial charge in [-0.25, -0.2) is 0 Å². The largest absolute Gasteiger partial charge is 0.383 e. The fourth-order valence-corrected chi connectivity index (χ4v) is 2.45. The predicted octanol–water partition coefficient (Wildman–Crippen LogP) is 0.622. The molecule has 4 heteroatoms. The van der Waals surface area contributed by atoms with Gasteiger partial charge in [-0.1, -0.05) is 0 Å². The number of likely N-dealkylation sites (N-methyl/N-ethyl adjacent to an activating group) is 1. The summed E-state index contributed by atoms with van der Waals surface area (Å²) < 4.78 is 5.29. The smallest absolute Gasteiger partial charge is 0.217 e. The van der Waals surface area contributed by atoms with Gasteiger partial charge >= 0.3 is 0 Å². The van der Waals surface area contributed by atoms with Crippen LogP contribution in [0.2, 0.25) is 0 Å². The lowest BCUT2D eigenvalue weighted by Gasteiger charge is -2.35. The Bertz CT molecular complexity index is 231. The molecule has 1 saturated carbocycles. The molecule has 2 atom stereocenters. The van der Waals surface area contributed by atoms with Gasteiger partial charge in [-0.15, -0.1) is 0 Å². The zero-order chi connectivity index (χ0) is 11.5. The van der Waals surface area contributed by atoms with Crippen molar-refractivity contribution < 1.29 is 9.53 Å². The van der Waals surface area contributed by atoms with E-state index in [4.69, 9.17) is 4.74 Å². The minimum Gasteiger partial charge on any atom is -0.383 e. The molecule has 1 amide bonds. The van der Waals surface area contributed by atoms with Crippen molar-refractivity contribution in [2.24, 2.45) is 0 Å². The summed E-state index contributed by atoms with van der Waals surface area (Å²) in [5, 5.41) is 2.99. The fourth-order valence-electron chi connectivity index (χ4n) is 2.45. The molecule has 88 valence electrons. The van der Waals surface area contributed by atoms with Crippen LogP contribution in [0.4, 0.5) is 0 Å². The molecule has 0 saturated heterocycles. The van der Waals surface area contributed by atoms with Crippen LogP contribution in [0.3, 0.4) is 0 Å². The average Bonchev–Trinajstić information content (AvgIpc) is 2.49. The molecule has 0 radical (unpaired) electrons. The molecule has 0 aromatic carbocycles. The summed E-state index contributed by atoms with van der Waals surface area (Å²) in [6, 6.07) is 0.306. The molecule has 0 spiro atoms. The number of carbonyl (C=O) groups is 1. The third kappa shape index (κ3) is 2.92. The molecular formula is C11H22N2O2. The zero-order valence-corrected chi connectivity index (χ0v) is 10.2. The summed E-state index contributed by atoms with van der Waals surface area (Å²) in [5.41, 5.74) is 0.0991. The highest BCUT2D eigenvalue weighted by molar-refractivity contribution is 5.73. The normalized spacial score (nSPS) is 30.9. The molecule has 1 N–H and O–H groups in total. The summed E-state index contributed by atoms with van der Waals surface area (Å²) in [7, 11) is 5.89. The van der Waals surface area contributed by atoms with Crippen molar-refractivity contribution in [2.75, 3.05) is 27.8 Å². The number of ether oxygens (including phenoxy) is 1. The first-order chi connectivity index (χ1) is 7.00. The molecule has 2 unspecified atom stereocenters. The fraction of sp³-hybridized carbons (Fsp3) is 0.909. The van der Waals surface area contributed by atoms with Gasteiger partial charge in [0.1, 0.15) is 0 Å². The molecular weight excluding hydrogens is 192 g/mol. The number of hydrogen-bond donors (Lipinski definition) is 1. The molecule has 0 bridgehead atoms. The lowest BCUT2D eigenvalue weighted by atomic mass is 9.97. The second-order valence-electron chi connectivity index (χ2n) is 4.69. The van der Waals surface area contributed by atoms with Crippen LogP contribution in [-0.4, -0.2) is 50.2 Å². The van der Waals surface area contributed by atoms with Crippen LogP contribution in [0, 0.1) is 0 Å². The first-order valence-corrected chi connectivity index (χ1v) is 5.43. The van der Waals surface area contributed by atoms with Crippen LogP contribution in [0.15, 0.2) is 0 Å². The van der Waals surface area contributed by atoms with E-state index in [1.807, 2.05) is 0 Å². The Morgan fingerprint density at radius 1 is 1.60 bits per heavy atom. The summed E-state index contributed by atoms with van der Waals surface area (Å²) in [5.74, 6) is 0.0620. The molecule has 15 heavy (non-hydrogen) atoms. The van der Waals surface area contributed by atoms with E-state index in [2.05, 4.69) is 24.3 Å². The quantitative estimate of drug-likeness (QED) is 0.746. The van der Waals surface area contributed by atoms with Crippen LogP contribution >= 0.6 is 0 Å². The van der Waals surface area contributed by atoms with E-state index in [1.54, 1.807) is 14.0 Å². The molecule has 0 aromatic rings. The van der Waals surface area contributed by atoms with Crippen molar-refractivity contribution >= 4 is 5.91 Å². The van der Waals surface area contributed by atoms with E-state index < -0.39 is 0 Å². The van der Waals surface area contributed by atoms with Crippen LogP contribution in [0.25, 0.3) is 0 Å². The maximum absolute atomic E-state index is 11.0. The van der Waals surface area contributed by atoms with Gasteiger partial charge in [-0.2, -0.15) is 0 Å². The molecule has 4 nitrogen and oxygen atoms in total. The second-order valence-corrected chi connectivity index (χ2v) is 4.69. The van der Waals surface area contributed by atoms with Gasteiger partial charge in [0.2, 0.25) is 5.91 Å². The highest BCUT2D eigenvalue weighted by atomic mass is 16.5. The molecule has 1 fully saturated rings. The number of nitrogens with one attached hydrogen (secondary N) is 1. The first-order valence-electron chi connectivity index (χ1n) is 5.43. The van der Waals surface area contributed by atoms with Crippen LogP contribution < -0.4 is 5.32 Å². The van der Waals surface area contributed by atoms with Crippen molar-refractivity contribution in [1.82, 2.24) is 10.2 Å². The van der Waals surface area contributed by atoms with E-state index in [9.17, 15) is 4.79 Å². The van der Waals surface area contributed by atoms with Crippen molar-refractivity contribution in [3.8, 4) is 0 Å². The lowest BCUT2D eigenvalue weighted by molar-refractivity contribution is -0.119. The van der Waals surface area contributed by atoms with Gasteiger partial charge in [-0.3, -0.25) is 4.79 Å². The monoisotopic (exact) mass is 214 g/mol. The summed E-state index contributed by atoms with van der Waals surface area (Å²) in [6.45, 7) is 2.31. The standard InChI is InChI=1S/C11H22N2O2/c1-9(14)12-10-5-6-11(7-10,8-15-4)13(2)3/h10H,5-8H2,1-4H3,(H,12,14). The van der Waals surface area contributed by atoms with Gasteiger partial charge in [0, 0.05) is 25.6 Å². The summed E-state index contributed by atoms with van der Waals surface area (Å²) >= 11 is 0. The van der Waals surface area contributed by atoms with Gasteiger partial charge < -0.3 is 15.0 Å². The molecule has 0 aliphatic heterocycles. The molecule has 0 heterocycles. The Morgan fingerprint density at radius 3 is 2.73 bits per heavy atom. The molecule has 1 rings (SSSR count). The first kappa shape index (κ1) is 12.5. The SMILES string of the molecule is COCC1(N(C)C)CCC(NC(C)=O)C1. The van der Waals surface area contributed by atoms with Crippen molar-refractivity contribution in [3.05, 3.63) is 0 Å². The highest BCUT2D eigenvalue weighted by Gasteiger charge is 2.41. The molecule has 1 aliphatic rings. The number of amides is 1. The van der Waals surface area contributed by atoms with Gasteiger partial charge in [0.25, 0.3) is 0 Å². The molecule has 0 aromatic heterocycles. The van der Waals surface area contributed by atoms with Gasteiger partial charge in [0.05, 0.1) is 6.61 Å². The number of methoxy groups -OCH3 is 1. The minimum atomic E-state index is 0.0620. The third-order valence-corrected chi connectivity index (χ3v) is 3.35. The van der Waals surface area contributed by atoms with E-state index in [1.165, 1.54) is 0 Å². The highest BCUT2D eigenvalue weighted by Crippen LogP contribution is 2.34. The van der Waals surface area contributed by atoms with Crippen LogP contribution in [0.5, 0.6) is 0 Å². The Balaban J connectivity index is 2.59. The molecule has 1 aliphatic carbocycles. The Hall–Kier alpha value is -0.610. The third-order valence-electron chi connectivity index (χ3n) is 3.35. The van der Waals surface area contributed by atoms with E-state index in [0.717, 1.165) is 25.9 Å². The maximum Gasteiger partial charge on any atom is 0.217 e. The number of carbonyl (C=O) groups excluding carboxylic acids is 1. The number of nitrogens with zero attached hydrogens (tertiary/aromatic N) is 1. The number of rotatable bonds is 4. The zero-order valence-electron chi connectivity index (χ0n) is 10.2. The number of hydrogen-bond acceptors (Lipinski definition) is 3. The topological polar surface area (TPSA) is 41.6 Å². The van der Waals surface area contributed by atoms with E-state index in [0.29, 0.717) is 6.04 Å². The van der Waals surface area contributed by atoms with E-state index in [-0.39, 0.29) is 11.4 Å². The van der Waals surface area contributed by atoms with E-state index >= 15 is 0 Å². The minimum absolute atomic E-state index is 0.0620. The van der Waals surface area contributed by atoms with Crippen LogP contribution in [-0.2, 0) is 9.53 Å².